The van der Waals surface area contributed by atoms with Gasteiger partial charge in [-0.15, -0.1) is 0 Å². The number of nitrogens with one attached hydrogen (secondary N) is 2. The van der Waals surface area contributed by atoms with E-state index in [1.807, 2.05) is 42.5 Å². The minimum atomic E-state index is -0.363. The lowest BCUT2D eigenvalue weighted by molar-refractivity contribution is -0.122. The summed E-state index contributed by atoms with van der Waals surface area (Å²) in [4.78, 5) is 39.7. The number of nitrogens with zero attached hydrogens (tertiary/aromatic N) is 1. The molecule has 0 saturated carbocycles. The molecule has 160 valence electrons. The summed E-state index contributed by atoms with van der Waals surface area (Å²) in [7, 11) is 0. The lowest BCUT2D eigenvalue weighted by atomic mass is 10.0. The van der Waals surface area contributed by atoms with Crippen LogP contribution in [0.4, 0.5) is 0 Å². The molecule has 3 rings (SSSR count). The summed E-state index contributed by atoms with van der Waals surface area (Å²) >= 11 is 0. The standard InChI is InChI=1S/C24H25N3O4/c28-21(24-25-16-17-31-24)10-6-1-2-7-11-22(29)26-27-23(30)20-14-12-19(13-15-20)18-8-4-3-5-9-18/h3-5,8-9,12-17H,1-2,6-7,10-11H2,(H,26,29)(H,27,30). The van der Waals surface area contributed by atoms with Crippen LogP contribution in [0, 0.1) is 0 Å². The Morgan fingerprint density at radius 2 is 1.45 bits per heavy atom. The van der Waals surface area contributed by atoms with E-state index in [2.05, 4.69) is 15.8 Å². The normalized spacial score (nSPS) is 10.5. The van der Waals surface area contributed by atoms with Gasteiger partial charge in [-0.05, 0) is 36.1 Å². The Kier molecular flexibility index (Phi) is 8.11. The van der Waals surface area contributed by atoms with Crippen molar-refractivity contribution in [2.24, 2.45) is 0 Å². The van der Waals surface area contributed by atoms with Crippen molar-refractivity contribution < 1.29 is 18.8 Å². The highest BCUT2D eigenvalue weighted by Crippen LogP contribution is 2.19. The molecule has 1 heterocycles. The number of carbonyl (C=O) groups excluding carboxylic acids is 3. The molecule has 2 N–H and O–H groups in total. The second-order valence-corrected chi connectivity index (χ2v) is 7.12. The fourth-order valence-corrected chi connectivity index (χ4v) is 3.10. The molecule has 0 unspecified atom stereocenters. The minimum Gasteiger partial charge on any atom is -0.442 e. The maximum atomic E-state index is 12.2. The minimum absolute atomic E-state index is 0.109. The quantitative estimate of drug-likeness (QED) is 0.289. The zero-order valence-electron chi connectivity index (χ0n) is 17.2. The number of hydrogen-bond acceptors (Lipinski definition) is 5. The largest absolute Gasteiger partial charge is 0.442 e. The number of Topliss-reactive ketones (excluding diaryl/α,β-unsaturated/α-hetero) is 1. The van der Waals surface area contributed by atoms with Gasteiger partial charge in [0.15, 0.2) is 0 Å². The van der Waals surface area contributed by atoms with Crippen molar-refractivity contribution in [3.8, 4) is 11.1 Å². The van der Waals surface area contributed by atoms with Crippen LogP contribution in [0.3, 0.4) is 0 Å². The van der Waals surface area contributed by atoms with Crippen LogP contribution in [0.1, 0.15) is 59.6 Å². The number of hydrogen-bond donors (Lipinski definition) is 2. The van der Waals surface area contributed by atoms with E-state index in [1.54, 1.807) is 12.1 Å². The smallest absolute Gasteiger partial charge is 0.269 e. The van der Waals surface area contributed by atoms with E-state index in [0.717, 1.165) is 30.4 Å². The Morgan fingerprint density at radius 1 is 0.774 bits per heavy atom. The van der Waals surface area contributed by atoms with Crippen molar-refractivity contribution in [3.63, 3.8) is 0 Å². The molecule has 7 nitrogen and oxygen atoms in total. The van der Waals surface area contributed by atoms with Gasteiger partial charge in [0.25, 0.3) is 11.8 Å². The van der Waals surface area contributed by atoms with E-state index >= 15 is 0 Å². The first-order chi connectivity index (χ1) is 15.1. The molecular formula is C24H25N3O4. The summed E-state index contributed by atoms with van der Waals surface area (Å²) in [5.74, 6) is -0.574. The molecule has 3 aromatic rings. The van der Waals surface area contributed by atoms with Gasteiger partial charge in [-0.2, -0.15) is 0 Å². The molecule has 7 heteroatoms. The van der Waals surface area contributed by atoms with Crippen molar-refractivity contribution in [3.05, 3.63) is 78.5 Å². The highest BCUT2D eigenvalue weighted by Gasteiger charge is 2.10. The third-order valence-electron chi connectivity index (χ3n) is 4.80. The third kappa shape index (κ3) is 6.92. The number of hydrazine groups is 1. The lowest BCUT2D eigenvalue weighted by Gasteiger charge is -2.08. The van der Waals surface area contributed by atoms with Gasteiger partial charge >= 0.3 is 0 Å². The number of aromatic nitrogens is 1. The number of unbranched alkanes of at least 4 members (excludes halogenated alkanes) is 3. The van der Waals surface area contributed by atoms with Crippen LogP contribution in [-0.2, 0) is 4.79 Å². The zero-order chi connectivity index (χ0) is 21.9. The number of oxazole rings is 1. The van der Waals surface area contributed by atoms with E-state index in [-0.39, 0.29) is 23.5 Å². The van der Waals surface area contributed by atoms with Gasteiger partial charge in [0, 0.05) is 18.4 Å². The van der Waals surface area contributed by atoms with E-state index in [0.29, 0.717) is 24.8 Å². The van der Waals surface area contributed by atoms with E-state index in [1.165, 1.54) is 12.5 Å². The Balaban J connectivity index is 1.29. The molecule has 31 heavy (non-hydrogen) atoms. The number of ketones is 1. The SMILES string of the molecule is O=C(CCCCCCC(=O)c1ncco1)NNC(=O)c1ccc(-c2ccccc2)cc1. The first kappa shape index (κ1) is 22.0. The third-order valence-corrected chi connectivity index (χ3v) is 4.80. The predicted octanol–water partition coefficient (Wildman–Crippen LogP) is 4.33. The highest BCUT2D eigenvalue weighted by molar-refractivity contribution is 5.95. The summed E-state index contributed by atoms with van der Waals surface area (Å²) in [5, 5.41) is 0. The number of carbonyl (C=O) groups is 3. The van der Waals surface area contributed by atoms with Gasteiger partial charge in [0.2, 0.25) is 11.7 Å². The average molecular weight is 419 g/mol. The van der Waals surface area contributed by atoms with Crippen LogP contribution in [0.2, 0.25) is 0 Å². The van der Waals surface area contributed by atoms with Crippen molar-refractivity contribution in [1.29, 1.82) is 0 Å². The Hall–Kier alpha value is -3.74. The molecule has 2 aromatic carbocycles. The van der Waals surface area contributed by atoms with E-state index in [9.17, 15) is 14.4 Å². The Bertz CT molecular complexity index is 983. The molecule has 0 spiro atoms. The number of benzene rings is 2. The van der Waals surface area contributed by atoms with Crippen LogP contribution in [0.25, 0.3) is 11.1 Å². The average Bonchev–Trinajstić information content (AvgIpc) is 3.35. The van der Waals surface area contributed by atoms with Crippen LogP contribution in [-0.4, -0.2) is 22.6 Å². The molecule has 2 amide bonds. The van der Waals surface area contributed by atoms with Crippen molar-refractivity contribution >= 4 is 17.6 Å². The molecule has 1 aromatic heterocycles. The van der Waals surface area contributed by atoms with E-state index in [4.69, 9.17) is 4.42 Å². The molecule has 0 saturated heterocycles. The molecular weight excluding hydrogens is 394 g/mol. The van der Waals surface area contributed by atoms with Crippen LogP contribution < -0.4 is 10.9 Å². The van der Waals surface area contributed by atoms with Gasteiger partial charge in [-0.3, -0.25) is 25.2 Å². The molecule has 0 bridgehead atoms. The monoisotopic (exact) mass is 419 g/mol. The van der Waals surface area contributed by atoms with Gasteiger partial charge in [-0.25, -0.2) is 4.98 Å². The van der Waals surface area contributed by atoms with Gasteiger partial charge < -0.3 is 4.42 Å². The summed E-state index contributed by atoms with van der Waals surface area (Å²) in [5.41, 5.74) is 7.44. The second-order valence-electron chi connectivity index (χ2n) is 7.12. The Morgan fingerprint density at radius 3 is 2.13 bits per heavy atom. The first-order valence-corrected chi connectivity index (χ1v) is 10.3. The molecule has 0 aliphatic heterocycles. The summed E-state index contributed by atoms with van der Waals surface area (Å²) < 4.78 is 4.96. The zero-order valence-corrected chi connectivity index (χ0v) is 17.2. The fourth-order valence-electron chi connectivity index (χ4n) is 3.10. The maximum Gasteiger partial charge on any atom is 0.269 e. The van der Waals surface area contributed by atoms with Crippen molar-refractivity contribution in [2.75, 3.05) is 0 Å². The lowest BCUT2D eigenvalue weighted by Crippen LogP contribution is -2.41. The first-order valence-electron chi connectivity index (χ1n) is 10.3. The molecule has 0 radical (unpaired) electrons. The van der Waals surface area contributed by atoms with Gasteiger partial charge in [0.1, 0.15) is 6.26 Å². The van der Waals surface area contributed by atoms with Crippen LogP contribution in [0.15, 0.2) is 71.5 Å². The topological polar surface area (TPSA) is 101 Å². The van der Waals surface area contributed by atoms with Crippen molar-refractivity contribution in [1.82, 2.24) is 15.8 Å². The summed E-state index contributed by atoms with van der Waals surface area (Å²) in [6.45, 7) is 0. The maximum absolute atomic E-state index is 12.2. The molecule has 0 aliphatic carbocycles. The Labute approximate surface area is 180 Å². The van der Waals surface area contributed by atoms with Crippen LogP contribution in [0.5, 0.6) is 0 Å². The van der Waals surface area contributed by atoms with E-state index < -0.39 is 0 Å². The fraction of sp³-hybridized carbons (Fsp3) is 0.250. The van der Waals surface area contributed by atoms with Crippen molar-refractivity contribution in [2.45, 2.75) is 38.5 Å². The van der Waals surface area contributed by atoms with Gasteiger partial charge in [-0.1, -0.05) is 55.3 Å². The molecule has 0 atom stereocenters. The summed E-state index contributed by atoms with van der Waals surface area (Å²) in [6.07, 6.45) is 6.57. The predicted molar refractivity (Wildman–Crippen MR) is 116 cm³/mol. The second kappa shape index (κ2) is 11.4. The molecule has 0 aliphatic rings. The van der Waals surface area contributed by atoms with Gasteiger partial charge in [0.05, 0.1) is 6.20 Å². The number of rotatable bonds is 10. The highest BCUT2D eigenvalue weighted by atomic mass is 16.3. The number of amides is 2. The summed E-state index contributed by atoms with van der Waals surface area (Å²) in [6, 6.07) is 17.1. The molecule has 0 fully saturated rings. The van der Waals surface area contributed by atoms with Crippen LogP contribution >= 0.6 is 0 Å².